The van der Waals surface area contributed by atoms with Crippen LogP contribution in [0.15, 0.2) is 29.8 Å². The summed E-state index contributed by atoms with van der Waals surface area (Å²) in [6.45, 7) is 2.06. The Morgan fingerprint density at radius 3 is 2.71 bits per heavy atom. The molecule has 0 amide bonds. The van der Waals surface area contributed by atoms with Gasteiger partial charge >= 0.3 is 15.5 Å². The molecule has 0 atom stereocenters. The zero-order valence-corrected chi connectivity index (χ0v) is 16.7. The molecule has 0 saturated carbocycles. The summed E-state index contributed by atoms with van der Waals surface area (Å²) >= 11 is 7.46. The zero-order valence-electron chi connectivity index (χ0n) is 14.3. The Kier molecular flexibility index (Phi) is 5.69. The topological polar surface area (TPSA) is 87.7 Å². The van der Waals surface area contributed by atoms with Gasteiger partial charge in [-0.3, -0.25) is 4.72 Å². The van der Waals surface area contributed by atoms with Crippen LogP contribution in [0.4, 0.5) is 18.9 Å². The molecule has 150 valence electrons. The van der Waals surface area contributed by atoms with Crippen LogP contribution >= 0.6 is 22.9 Å². The van der Waals surface area contributed by atoms with Crippen LogP contribution in [0.2, 0.25) is 5.02 Å². The maximum Gasteiger partial charge on any atom is 0.516 e. The van der Waals surface area contributed by atoms with Crippen LogP contribution in [0.1, 0.15) is 19.0 Å². The van der Waals surface area contributed by atoms with Crippen molar-refractivity contribution in [3.63, 3.8) is 0 Å². The predicted molar refractivity (Wildman–Crippen MR) is 103 cm³/mol. The van der Waals surface area contributed by atoms with Crippen LogP contribution in [-0.2, 0) is 16.4 Å². The van der Waals surface area contributed by atoms with Crippen molar-refractivity contribution >= 4 is 38.6 Å². The second-order valence-corrected chi connectivity index (χ2v) is 8.73. The minimum Gasteiger partial charge on any atom is -0.340 e. The lowest BCUT2D eigenvalue weighted by atomic mass is 10.1. The van der Waals surface area contributed by atoms with E-state index in [1.807, 2.05) is 0 Å². The first kappa shape index (κ1) is 20.6. The van der Waals surface area contributed by atoms with Gasteiger partial charge in [0.1, 0.15) is 0 Å². The predicted octanol–water partition coefficient (Wildman–Crippen LogP) is 5.07. The number of aryl methyl sites for hydroxylation is 1. The number of thiazole rings is 1. The number of aromatic nitrogens is 3. The summed E-state index contributed by atoms with van der Waals surface area (Å²) in [5.41, 5.74) is -3.75. The van der Waals surface area contributed by atoms with Crippen molar-refractivity contribution in [2.24, 2.45) is 0 Å². The summed E-state index contributed by atoms with van der Waals surface area (Å²) in [5, 5.41) is 2.43. The average molecular weight is 451 g/mol. The van der Waals surface area contributed by atoms with E-state index in [4.69, 9.17) is 11.6 Å². The Bertz CT molecular complexity index is 1090. The number of nitrogens with zero attached hydrogens (tertiary/aromatic N) is 2. The Labute approximate surface area is 167 Å². The first-order valence-corrected chi connectivity index (χ1v) is 10.7. The third-order valence-electron chi connectivity index (χ3n) is 3.66. The number of halogens is 4. The largest absolute Gasteiger partial charge is 0.516 e. The summed E-state index contributed by atoms with van der Waals surface area (Å²) in [7, 11) is -5.51. The van der Waals surface area contributed by atoms with E-state index in [0.717, 1.165) is 24.6 Å². The fourth-order valence-electron chi connectivity index (χ4n) is 2.37. The molecule has 0 bridgehead atoms. The van der Waals surface area contributed by atoms with Gasteiger partial charge in [-0.05, 0) is 24.6 Å². The molecule has 6 nitrogen and oxygen atoms in total. The van der Waals surface area contributed by atoms with Crippen LogP contribution in [-0.4, -0.2) is 28.9 Å². The van der Waals surface area contributed by atoms with Crippen molar-refractivity contribution in [3.8, 4) is 22.1 Å². The van der Waals surface area contributed by atoms with Gasteiger partial charge in [-0.1, -0.05) is 24.9 Å². The van der Waals surface area contributed by atoms with E-state index < -0.39 is 15.5 Å². The molecule has 3 rings (SSSR count). The number of imidazole rings is 1. The zero-order chi connectivity index (χ0) is 20.5. The van der Waals surface area contributed by atoms with Gasteiger partial charge in [-0.25, -0.2) is 9.97 Å². The third-order valence-corrected chi connectivity index (χ3v) is 5.93. The molecular formula is C16H14ClF3N4O2S2. The average Bonchev–Trinajstić information content (AvgIpc) is 3.23. The molecule has 0 saturated heterocycles. The summed E-state index contributed by atoms with van der Waals surface area (Å²) in [6.07, 6.45) is 3.59. The van der Waals surface area contributed by atoms with Crippen molar-refractivity contribution in [1.82, 2.24) is 15.0 Å². The number of alkyl halides is 3. The van der Waals surface area contributed by atoms with Crippen LogP contribution in [0.25, 0.3) is 22.1 Å². The molecule has 0 radical (unpaired) electrons. The highest BCUT2D eigenvalue weighted by Crippen LogP contribution is 2.34. The van der Waals surface area contributed by atoms with Gasteiger partial charge in [0, 0.05) is 22.8 Å². The van der Waals surface area contributed by atoms with Gasteiger partial charge in [0.25, 0.3) is 0 Å². The summed E-state index contributed by atoms with van der Waals surface area (Å²) in [6, 6.07) is 3.70. The minimum atomic E-state index is -5.51. The number of hydrogen-bond donors (Lipinski definition) is 2. The van der Waals surface area contributed by atoms with E-state index in [0.29, 0.717) is 22.1 Å². The fraction of sp³-hybridized carbons (Fsp3) is 0.250. The molecule has 28 heavy (non-hydrogen) atoms. The second kappa shape index (κ2) is 7.72. The Hall–Kier alpha value is -2.11. The molecule has 1 aromatic carbocycles. The van der Waals surface area contributed by atoms with Crippen LogP contribution in [0, 0.1) is 0 Å². The maximum atomic E-state index is 12.5. The number of hydrogen-bond acceptors (Lipinski definition) is 5. The van der Waals surface area contributed by atoms with E-state index in [9.17, 15) is 21.6 Å². The molecule has 0 aliphatic carbocycles. The molecule has 12 heteroatoms. The van der Waals surface area contributed by atoms with Gasteiger partial charge in [0.2, 0.25) is 0 Å². The standard InChI is InChI=1S/C16H14ClF3N4O2S2/c1-2-3-10-7-21-14(22-10)15-23-13(8-27-15)11-5-4-9(6-12(11)17)24-28(25,26)16(18,19)20/h4-8,24H,2-3H2,1H3,(H,21,22). The molecule has 2 heterocycles. The first-order chi connectivity index (χ1) is 13.1. The molecule has 0 spiro atoms. The van der Waals surface area contributed by atoms with Gasteiger partial charge in [0.05, 0.1) is 16.4 Å². The highest BCUT2D eigenvalue weighted by Gasteiger charge is 2.46. The summed E-state index contributed by atoms with van der Waals surface area (Å²) < 4.78 is 61.3. The minimum absolute atomic E-state index is 0.0605. The number of anilines is 1. The molecule has 2 N–H and O–H groups in total. The van der Waals surface area contributed by atoms with Crippen molar-refractivity contribution in [3.05, 3.63) is 40.5 Å². The van der Waals surface area contributed by atoms with Crippen LogP contribution in [0.5, 0.6) is 0 Å². The van der Waals surface area contributed by atoms with Crippen molar-refractivity contribution in [2.45, 2.75) is 25.3 Å². The highest BCUT2D eigenvalue weighted by atomic mass is 35.5. The number of nitrogens with one attached hydrogen (secondary N) is 2. The monoisotopic (exact) mass is 450 g/mol. The quantitative estimate of drug-likeness (QED) is 0.549. The van der Waals surface area contributed by atoms with E-state index in [2.05, 4.69) is 21.9 Å². The molecule has 3 aromatic rings. The highest BCUT2D eigenvalue weighted by molar-refractivity contribution is 7.93. The second-order valence-electron chi connectivity index (χ2n) is 5.79. The van der Waals surface area contributed by atoms with E-state index in [1.165, 1.54) is 28.2 Å². The number of rotatable bonds is 6. The number of sulfonamides is 1. The van der Waals surface area contributed by atoms with Crippen molar-refractivity contribution in [1.29, 1.82) is 0 Å². The van der Waals surface area contributed by atoms with E-state index >= 15 is 0 Å². The summed E-state index contributed by atoms with van der Waals surface area (Å²) in [5.74, 6) is 0.616. The van der Waals surface area contributed by atoms with Crippen LogP contribution < -0.4 is 4.72 Å². The first-order valence-electron chi connectivity index (χ1n) is 7.99. The SMILES string of the molecule is CCCc1cnc(-c2nc(-c3ccc(NS(=O)(=O)C(F)(F)F)cc3Cl)cs2)[nH]1. The summed E-state index contributed by atoms with van der Waals surface area (Å²) in [4.78, 5) is 11.9. The normalized spacial score (nSPS) is 12.3. The van der Waals surface area contributed by atoms with E-state index in [1.54, 1.807) is 11.6 Å². The molecule has 0 unspecified atom stereocenters. The number of H-pyrrole nitrogens is 1. The molecule has 0 aliphatic rings. The fourth-order valence-corrected chi connectivity index (χ4v) is 3.97. The van der Waals surface area contributed by atoms with Gasteiger partial charge < -0.3 is 4.98 Å². The van der Waals surface area contributed by atoms with Crippen molar-refractivity contribution < 1.29 is 21.6 Å². The smallest absolute Gasteiger partial charge is 0.340 e. The Morgan fingerprint density at radius 2 is 2.07 bits per heavy atom. The van der Waals surface area contributed by atoms with Gasteiger partial charge in [0.15, 0.2) is 10.8 Å². The maximum absolute atomic E-state index is 12.5. The Balaban J connectivity index is 1.84. The lowest BCUT2D eigenvalue weighted by Crippen LogP contribution is -2.29. The van der Waals surface area contributed by atoms with Gasteiger partial charge in [-0.2, -0.15) is 21.6 Å². The van der Waals surface area contributed by atoms with E-state index in [-0.39, 0.29) is 10.7 Å². The number of aromatic amines is 1. The number of benzene rings is 1. The molecular weight excluding hydrogens is 437 g/mol. The van der Waals surface area contributed by atoms with Crippen LogP contribution in [0.3, 0.4) is 0 Å². The molecule has 0 fully saturated rings. The lowest BCUT2D eigenvalue weighted by molar-refractivity contribution is -0.0429. The molecule has 0 aliphatic heterocycles. The molecule has 2 aromatic heterocycles. The van der Waals surface area contributed by atoms with Gasteiger partial charge in [-0.15, -0.1) is 11.3 Å². The third kappa shape index (κ3) is 4.31. The Morgan fingerprint density at radius 1 is 1.32 bits per heavy atom. The van der Waals surface area contributed by atoms with Crippen molar-refractivity contribution in [2.75, 3.05) is 4.72 Å². The lowest BCUT2D eigenvalue weighted by Gasteiger charge is -2.11.